The molecule has 3 rings (SSSR count). The van der Waals surface area contributed by atoms with Crippen molar-refractivity contribution in [3.63, 3.8) is 0 Å². The maximum atomic E-state index is 12.4. The molecule has 114 valence electrons. The van der Waals surface area contributed by atoms with Crippen LogP contribution in [-0.4, -0.2) is 15.8 Å². The standard InChI is InChI=1S/C18H14ClN3O/c19-14-6-2-1-5-12(14)13(11-20)17(23)9-10-18-21-15-7-3-4-8-16(15)22-18/h1-8,13H,9-10H2,(H,21,22)/t13-/m0/s1. The van der Waals surface area contributed by atoms with Crippen molar-refractivity contribution in [1.82, 2.24) is 9.97 Å². The van der Waals surface area contributed by atoms with Crippen molar-refractivity contribution in [3.05, 3.63) is 64.9 Å². The summed E-state index contributed by atoms with van der Waals surface area (Å²) in [7, 11) is 0. The molecule has 0 aliphatic carbocycles. The summed E-state index contributed by atoms with van der Waals surface area (Å²) in [4.78, 5) is 20.0. The van der Waals surface area contributed by atoms with Crippen LogP contribution in [0.4, 0.5) is 0 Å². The minimum Gasteiger partial charge on any atom is -0.342 e. The first kappa shape index (κ1) is 15.3. The Bertz CT molecular complexity index is 861. The Hall–Kier alpha value is -2.64. The molecule has 0 unspecified atom stereocenters. The lowest BCUT2D eigenvalue weighted by molar-refractivity contribution is -0.119. The number of nitrogens with one attached hydrogen (secondary N) is 1. The molecule has 2 aromatic carbocycles. The van der Waals surface area contributed by atoms with E-state index in [1.165, 1.54) is 0 Å². The maximum absolute atomic E-state index is 12.4. The van der Waals surface area contributed by atoms with E-state index < -0.39 is 5.92 Å². The number of aromatic nitrogens is 2. The highest BCUT2D eigenvalue weighted by atomic mass is 35.5. The summed E-state index contributed by atoms with van der Waals surface area (Å²) in [5, 5.41) is 9.77. The van der Waals surface area contributed by atoms with Crippen LogP contribution < -0.4 is 0 Å². The highest BCUT2D eigenvalue weighted by Gasteiger charge is 2.22. The van der Waals surface area contributed by atoms with E-state index in [0.717, 1.165) is 16.9 Å². The number of para-hydroxylation sites is 2. The van der Waals surface area contributed by atoms with Crippen LogP contribution in [0.2, 0.25) is 5.02 Å². The molecule has 1 atom stereocenters. The van der Waals surface area contributed by atoms with Gasteiger partial charge in [0.1, 0.15) is 11.7 Å². The van der Waals surface area contributed by atoms with E-state index in [0.29, 0.717) is 17.0 Å². The second kappa shape index (κ2) is 6.64. The van der Waals surface area contributed by atoms with Gasteiger partial charge in [0.15, 0.2) is 5.78 Å². The summed E-state index contributed by atoms with van der Waals surface area (Å²) < 4.78 is 0. The Morgan fingerprint density at radius 3 is 2.70 bits per heavy atom. The van der Waals surface area contributed by atoms with E-state index in [9.17, 15) is 10.1 Å². The predicted molar refractivity (Wildman–Crippen MR) is 89.2 cm³/mol. The van der Waals surface area contributed by atoms with E-state index >= 15 is 0 Å². The van der Waals surface area contributed by atoms with Crippen molar-refractivity contribution >= 4 is 28.4 Å². The van der Waals surface area contributed by atoms with Crippen molar-refractivity contribution in [2.24, 2.45) is 0 Å². The molecule has 0 fully saturated rings. The lowest BCUT2D eigenvalue weighted by Crippen LogP contribution is -2.12. The molecule has 0 aliphatic heterocycles. The molecule has 1 aromatic heterocycles. The van der Waals surface area contributed by atoms with Gasteiger partial charge in [-0.3, -0.25) is 4.79 Å². The van der Waals surface area contributed by atoms with Crippen LogP contribution in [0, 0.1) is 11.3 Å². The van der Waals surface area contributed by atoms with Crippen LogP contribution in [-0.2, 0) is 11.2 Å². The van der Waals surface area contributed by atoms with Crippen LogP contribution in [0.5, 0.6) is 0 Å². The van der Waals surface area contributed by atoms with Crippen LogP contribution in [0.1, 0.15) is 23.7 Å². The zero-order valence-electron chi connectivity index (χ0n) is 12.3. The SMILES string of the molecule is N#C[C@H](C(=O)CCc1nc2ccccc2[nH]1)c1ccccc1Cl. The smallest absolute Gasteiger partial charge is 0.154 e. The number of carbonyl (C=O) groups is 1. The molecule has 23 heavy (non-hydrogen) atoms. The second-order valence-electron chi connectivity index (χ2n) is 5.25. The van der Waals surface area contributed by atoms with Crippen LogP contribution in [0.25, 0.3) is 11.0 Å². The zero-order valence-corrected chi connectivity index (χ0v) is 13.0. The summed E-state index contributed by atoms with van der Waals surface area (Å²) >= 11 is 6.09. The Morgan fingerprint density at radius 1 is 1.22 bits per heavy atom. The van der Waals surface area contributed by atoms with Gasteiger partial charge in [-0.2, -0.15) is 5.26 Å². The van der Waals surface area contributed by atoms with Gasteiger partial charge in [0.05, 0.1) is 17.1 Å². The molecule has 1 heterocycles. The van der Waals surface area contributed by atoms with Crippen LogP contribution in [0.15, 0.2) is 48.5 Å². The minimum atomic E-state index is -0.840. The molecule has 0 amide bonds. The summed E-state index contributed by atoms with van der Waals surface area (Å²) in [6.07, 6.45) is 0.708. The summed E-state index contributed by atoms with van der Waals surface area (Å²) in [5.41, 5.74) is 2.38. The van der Waals surface area contributed by atoms with E-state index in [1.807, 2.05) is 24.3 Å². The number of H-pyrrole nitrogens is 1. The number of Topliss-reactive ketones (excluding diaryl/α,β-unsaturated/α-hetero) is 1. The van der Waals surface area contributed by atoms with Gasteiger partial charge in [0.25, 0.3) is 0 Å². The largest absolute Gasteiger partial charge is 0.342 e. The van der Waals surface area contributed by atoms with E-state index in [1.54, 1.807) is 24.3 Å². The molecular formula is C18H14ClN3O. The number of hydrogen-bond acceptors (Lipinski definition) is 3. The van der Waals surface area contributed by atoms with Gasteiger partial charge >= 0.3 is 0 Å². The number of aryl methyl sites for hydroxylation is 1. The highest BCUT2D eigenvalue weighted by molar-refractivity contribution is 6.31. The number of nitrogens with zero attached hydrogens (tertiary/aromatic N) is 2. The number of hydrogen-bond donors (Lipinski definition) is 1. The molecule has 4 nitrogen and oxygen atoms in total. The van der Waals surface area contributed by atoms with Gasteiger partial charge in [-0.05, 0) is 23.8 Å². The number of nitriles is 1. The van der Waals surface area contributed by atoms with Gasteiger partial charge in [0.2, 0.25) is 0 Å². The highest BCUT2D eigenvalue weighted by Crippen LogP contribution is 2.26. The third kappa shape index (κ3) is 3.25. The summed E-state index contributed by atoms with van der Waals surface area (Å²) in [5.74, 6) is -0.246. The van der Waals surface area contributed by atoms with E-state index in [4.69, 9.17) is 11.6 Å². The average Bonchev–Trinajstić information content (AvgIpc) is 2.98. The van der Waals surface area contributed by atoms with Crippen LogP contribution >= 0.6 is 11.6 Å². The van der Waals surface area contributed by atoms with Crippen LogP contribution in [0.3, 0.4) is 0 Å². The van der Waals surface area contributed by atoms with E-state index in [-0.39, 0.29) is 12.2 Å². The van der Waals surface area contributed by atoms with Gasteiger partial charge in [0, 0.05) is 17.9 Å². The van der Waals surface area contributed by atoms with Crippen molar-refractivity contribution in [1.29, 1.82) is 5.26 Å². The van der Waals surface area contributed by atoms with Gasteiger partial charge < -0.3 is 4.98 Å². The molecule has 3 aromatic rings. The fourth-order valence-corrected chi connectivity index (χ4v) is 2.78. The number of halogens is 1. The number of imidazole rings is 1. The normalized spacial score (nSPS) is 12.0. The van der Waals surface area contributed by atoms with E-state index in [2.05, 4.69) is 16.0 Å². The number of fused-ring (bicyclic) bond motifs is 1. The van der Waals surface area contributed by atoms with Gasteiger partial charge in [-0.15, -0.1) is 0 Å². The van der Waals surface area contributed by atoms with Crippen molar-refractivity contribution in [3.8, 4) is 6.07 Å². The number of carbonyl (C=O) groups excluding carboxylic acids is 1. The molecule has 0 aliphatic rings. The molecule has 1 N–H and O–H groups in total. The zero-order chi connectivity index (χ0) is 16.2. The first-order chi connectivity index (χ1) is 11.2. The maximum Gasteiger partial charge on any atom is 0.154 e. The molecule has 0 spiro atoms. The number of benzene rings is 2. The van der Waals surface area contributed by atoms with Gasteiger partial charge in [-0.25, -0.2) is 4.98 Å². The number of rotatable bonds is 5. The fourth-order valence-electron chi connectivity index (χ4n) is 2.53. The first-order valence-corrected chi connectivity index (χ1v) is 7.67. The topological polar surface area (TPSA) is 69.5 Å². The van der Waals surface area contributed by atoms with Crippen molar-refractivity contribution in [2.75, 3.05) is 0 Å². The second-order valence-corrected chi connectivity index (χ2v) is 5.66. The molecule has 0 saturated carbocycles. The molecule has 0 saturated heterocycles. The molecule has 0 bridgehead atoms. The predicted octanol–water partition coefficient (Wildman–Crippen LogP) is 4.03. The quantitative estimate of drug-likeness (QED) is 0.770. The molecular weight excluding hydrogens is 310 g/mol. The van der Waals surface area contributed by atoms with Gasteiger partial charge in [-0.1, -0.05) is 41.9 Å². The lowest BCUT2D eigenvalue weighted by atomic mass is 9.93. The molecule has 0 radical (unpaired) electrons. The monoisotopic (exact) mass is 323 g/mol. The summed E-state index contributed by atoms with van der Waals surface area (Å²) in [6, 6.07) is 16.7. The minimum absolute atomic E-state index is 0.152. The Labute approximate surface area is 138 Å². The lowest BCUT2D eigenvalue weighted by Gasteiger charge is -2.09. The Balaban J connectivity index is 1.73. The molecule has 5 heteroatoms. The summed E-state index contributed by atoms with van der Waals surface area (Å²) in [6.45, 7) is 0. The third-order valence-electron chi connectivity index (χ3n) is 3.71. The number of ketones is 1. The third-order valence-corrected chi connectivity index (χ3v) is 4.06. The Morgan fingerprint density at radius 2 is 1.96 bits per heavy atom. The number of aromatic amines is 1. The first-order valence-electron chi connectivity index (χ1n) is 7.29. The average molecular weight is 324 g/mol. The van der Waals surface area contributed by atoms with Crippen molar-refractivity contribution in [2.45, 2.75) is 18.8 Å². The van der Waals surface area contributed by atoms with Crippen molar-refractivity contribution < 1.29 is 4.79 Å². The Kier molecular flexibility index (Phi) is 4.40. The fraction of sp³-hybridized carbons (Fsp3) is 0.167.